The van der Waals surface area contributed by atoms with Crippen molar-refractivity contribution in [1.29, 1.82) is 0 Å². The highest BCUT2D eigenvalue weighted by Gasteiger charge is 2.25. The van der Waals surface area contributed by atoms with E-state index in [9.17, 15) is 9.59 Å². The molecule has 3 amide bonds. The molecule has 0 spiro atoms. The van der Waals surface area contributed by atoms with Crippen molar-refractivity contribution in [2.45, 2.75) is 45.1 Å². The summed E-state index contributed by atoms with van der Waals surface area (Å²) in [6.45, 7) is 7.72. The van der Waals surface area contributed by atoms with E-state index in [0.717, 1.165) is 18.5 Å². The number of benzene rings is 1. The number of likely N-dealkylation sites (tertiary alicyclic amines) is 1. The number of urea groups is 1. The summed E-state index contributed by atoms with van der Waals surface area (Å²) in [7, 11) is 0. The molecule has 1 fully saturated rings. The van der Waals surface area contributed by atoms with Gasteiger partial charge >= 0.3 is 6.03 Å². The van der Waals surface area contributed by atoms with E-state index in [-0.39, 0.29) is 23.4 Å². The van der Waals surface area contributed by atoms with Crippen LogP contribution in [0, 0.1) is 0 Å². The number of piperidine rings is 1. The maximum Gasteiger partial charge on any atom is 0.319 e. The average molecular weight is 369 g/mol. The summed E-state index contributed by atoms with van der Waals surface area (Å²) in [5.74, 6) is -0.0226. The molecule has 6 nitrogen and oxygen atoms in total. The van der Waals surface area contributed by atoms with Crippen LogP contribution < -0.4 is 10.6 Å². The van der Waals surface area contributed by atoms with E-state index < -0.39 is 0 Å². The average Bonchev–Trinajstić information content (AvgIpc) is 3.16. The third kappa shape index (κ3) is 4.90. The molecule has 2 heterocycles. The van der Waals surface area contributed by atoms with E-state index in [1.165, 1.54) is 18.1 Å². The molecule has 0 radical (unpaired) electrons. The fourth-order valence-electron chi connectivity index (χ4n) is 3.20. The highest BCUT2D eigenvalue weighted by Crippen LogP contribution is 2.23. The van der Waals surface area contributed by atoms with E-state index in [4.69, 9.17) is 4.42 Å². The first-order valence-corrected chi connectivity index (χ1v) is 9.32. The number of nitrogens with zero attached hydrogens (tertiary/aromatic N) is 1. The minimum absolute atomic E-state index is 0.0226. The van der Waals surface area contributed by atoms with Crippen LogP contribution in [0.1, 0.15) is 49.5 Å². The summed E-state index contributed by atoms with van der Waals surface area (Å²) < 4.78 is 4.97. The molecule has 0 atom stereocenters. The van der Waals surface area contributed by atoms with Gasteiger partial charge in [-0.15, -0.1) is 0 Å². The molecule has 0 unspecified atom stereocenters. The highest BCUT2D eigenvalue weighted by atomic mass is 16.3. The summed E-state index contributed by atoms with van der Waals surface area (Å²) in [4.78, 5) is 26.3. The molecule has 3 rings (SSSR count). The van der Waals surface area contributed by atoms with Crippen molar-refractivity contribution < 1.29 is 14.0 Å². The number of hydrogen-bond acceptors (Lipinski definition) is 3. The molecule has 1 aromatic carbocycles. The summed E-state index contributed by atoms with van der Waals surface area (Å²) >= 11 is 0. The lowest BCUT2D eigenvalue weighted by Gasteiger charge is -2.32. The largest absolute Gasteiger partial charge is 0.472 e. The number of carbonyl (C=O) groups is 2. The molecule has 1 aromatic heterocycles. The second-order valence-electron chi connectivity index (χ2n) is 8.00. The van der Waals surface area contributed by atoms with E-state index in [2.05, 4.69) is 31.4 Å². The Hall–Kier alpha value is -2.76. The zero-order chi connectivity index (χ0) is 19.4. The van der Waals surface area contributed by atoms with Gasteiger partial charge in [-0.25, -0.2) is 4.79 Å². The molecule has 2 N–H and O–H groups in total. The van der Waals surface area contributed by atoms with Gasteiger partial charge in [-0.3, -0.25) is 4.79 Å². The van der Waals surface area contributed by atoms with E-state index >= 15 is 0 Å². The van der Waals surface area contributed by atoms with Gasteiger partial charge in [0.25, 0.3) is 5.91 Å². The summed E-state index contributed by atoms with van der Waals surface area (Å²) in [5.41, 5.74) is 2.65. The molecular formula is C21H27N3O3. The smallest absolute Gasteiger partial charge is 0.319 e. The monoisotopic (exact) mass is 369 g/mol. The molecule has 1 aliphatic rings. The maximum absolute atomic E-state index is 12.3. The minimum atomic E-state index is -0.210. The molecule has 6 heteroatoms. The van der Waals surface area contributed by atoms with Gasteiger partial charge in [-0.05, 0) is 42.0 Å². The first-order chi connectivity index (χ1) is 12.8. The summed E-state index contributed by atoms with van der Waals surface area (Å²) in [6.07, 6.45) is 4.44. The molecule has 1 saturated heterocycles. The SMILES string of the molecule is CC(C)(C)c1ccc(NC(=O)NC2CCN(C(=O)c3ccoc3)CC2)cc1. The van der Waals surface area contributed by atoms with Gasteiger partial charge in [0.2, 0.25) is 0 Å². The number of amides is 3. The van der Waals surface area contributed by atoms with E-state index in [1.54, 1.807) is 11.0 Å². The summed E-state index contributed by atoms with van der Waals surface area (Å²) in [5, 5.41) is 5.88. The number of nitrogens with one attached hydrogen (secondary N) is 2. The normalized spacial score (nSPS) is 15.4. The lowest BCUT2D eigenvalue weighted by molar-refractivity contribution is 0.0708. The van der Waals surface area contributed by atoms with Gasteiger partial charge in [0.05, 0.1) is 11.8 Å². The molecular weight excluding hydrogens is 342 g/mol. The Morgan fingerprint density at radius 3 is 2.30 bits per heavy atom. The third-order valence-electron chi connectivity index (χ3n) is 4.89. The fraction of sp³-hybridized carbons (Fsp3) is 0.429. The van der Waals surface area contributed by atoms with Crippen molar-refractivity contribution in [1.82, 2.24) is 10.2 Å². The number of furan rings is 1. The van der Waals surface area contributed by atoms with Gasteiger partial charge in [-0.1, -0.05) is 32.9 Å². The quantitative estimate of drug-likeness (QED) is 0.859. The molecule has 0 aliphatic carbocycles. The van der Waals surface area contributed by atoms with Crippen LogP contribution >= 0.6 is 0 Å². The van der Waals surface area contributed by atoms with E-state index in [0.29, 0.717) is 18.7 Å². The second kappa shape index (κ2) is 7.86. The van der Waals surface area contributed by atoms with Crippen molar-refractivity contribution >= 4 is 17.6 Å². The Morgan fingerprint density at radius 2 is 1.74 bits per heavy atom. The van der Waals surface area contributed by atoms with Gasteiger partial charge < -0.3 is 20.0 Å². The Labute approximate surface area is 159 Å². The standard InChI is InChI=1S/C21H27N3O3/c1-21(2,3)16-4-6-17(7-5-16)22-20(26)23-18-8-11-24(12-9-18)19(25)15-10-13-27-14-15/h4-7,10,13-14,18H,8-9,11-12H2,1-3H3,(H2,22,23,26). The number of hydrogen-bond donors (Lipinski definition) is 2. The van der Waals surface area contributed by atoms with Crippen LogP contribution in [0.2, 0.25) is 0 Å². The first-order valence-electron chi connectivity index (χ1n) is 9.32. The number of rotatable bonds is 3. The van der Waals surface area contributed by atoms with Crippen LogP contribution in [0.3, 0.4) is 0 Å². The molecule has 144 valence electrons. The molecule has 2 aromatic rings. The maximum atomic E-state index is 12.3. The van der Waals surface area contributed by atoms with Gasteiger partial charge in [0, 0.05) is 24.8 Å². The van der Waals surface area contributed by atoms with Crippen molar-refractivity contribution in [3.63, 3.8) is 0 Å². The van der Waals surface area contributed by atoms with Crippen LogP contribution in [0.15, 0.2) is 47.3 Å². The van der Waals surface area contributed by atoms with Crippen LogP contribution in [0.25, 0.3) is 0 Å². The minimum Gasteiger partial charge on any atom is -0.472 e. The molecule has 27 heavy (non-hydrogen) atoms. The fourth-order valence-corrected chi connectivity index (χ4v) is 3.20. The molecule has 0 saturated carbocycles. The predicted molar refractivity (Wildman–Crippen MR) is 105 cm³/mol. The van der Waals surface area contributed by atoms with Crippen LogP contribution in [0.4, 0.5) is 10.5 Å². The molecule has 0 bridgehead atoms. The predicted octanol–water partition coefficient (Wildman–Crippen LogP) is 4.00. The lowest BCUT2D eigenvalue weighted by Crippen LogP contribution is -2.47. The first kappa shape index (κ1) is 19.0. The van der Waals surface area contributed by atoms with Crippen molar-refractivity contribution in [3.8, 4) is 0 Å². The van der Waals surface area contributed by atoms with Crippen LogP contribution in [0.5, 0.6) is 0 Å². The van der Waals surface area contributed by atoms with Crippen molar-refractivity contribution in [3.05, 3.63) is 54.0 Å². The lowest BCUT2D eigenvalue weighted by atomic mass is 9.87. The number of anilines is 1. The van der Waals surface area contributed by atoms with Crippen LogP contribution in [-0.2, 0) is 5.41 Å². The topological polar surface area (TPSA) is 74.6 Å². The third-order valence-corrected chi connectivity index (χ3v) is 4.89. The van der Waals surface area contributed by atoms with E-state index in [1.807, 2.05) is 24.3 Å². The van der Waals surface area contributed by atoms with Gasteiger partial charge in [-0.2, -0.15) is 0 Å². The highest BCUT2D eigenvalue weighted by molar-refractivity contribution is 5.94. The Morgan fingerprint density at radius 1 is 1.07 bits per heavy atom. The second-order valence-corrected chi connectivity index (χ2v) is 8.00. The van der Waals surface area contributed by atoms with Gasteiger partial charge in [0.15, 0.2) is 0 Å². The molecule has 1 aliphatic heterocycles. The van der Waals surface area contributed by atoms with Crippen LogP contribution in [-0.4, -0.2) is 36.0 Å². The zero-order valence-electron chi connectivity index (χ0n) is 16.1. The van der Waals surface area contributed by atoms with Crippen molar-refractivity contribution in [2.75, 3.05) is 18.4 Å². The van der Waals surface area contributed by atoms with Crippen molar-refractivity contribution in [2.24, 2.45) is 0 Å². The summed E-state index contributed by atoms with van der Waals surface area (Å²) in [6, 6.07) is 9.44. The van der Waals surface area contributed by atoms with Gasteiger partial charge in [0.1, 0.15) is 6.26 Å². The Bertz CT molecular complexity index is 768. The zero-order valence-corrected chi connectivity index (χ0v) is 16.1. The Balaban J connectivity index is 1.46. The number of carbonyl (C=O) groups excluding carboxylic acids is 2. The Kier molecular flexibility index (Phi) is 5.54.